The summed E-state index contributed by atoms with van der Waals surface area (Å²) in [6.07, 6.45) is -0.374. The lowest BCUT2D eigenvalue weighted by molar-refractivity contribution is -0.384. The summed E-state index contributed by atoms with van der Waals surface area (Å²) in [6.45, 7) is 5.28. The van der Waals surface area contributed by atoms with Gasteiger partial charge in [0.1, 0.15) is 11.1 Å². The number of nitrogens with one attached hydrogen (secondary N) is 1. The van der Waals surface area contributed by atoms with E-state index in [0.29, 0.717) is 5.69 Å². The topological polar surface area (TPSA) is 130 Å². The van der Waals surface area contributed by atoms with E-state index >= 15 is 0 Å². The molecule has 3 rings (SSSR count). The van der Waals surface area contributed by atoms with E-state index in [1.54, 1.807) is 18.2 Å². The third-order valence-corrected chi connectivity index (χ3v) is 5.70. The van der Waals surface area contributed by atoms with E-state index in [2.05, 4.69) is 5.43 Å². The molecule has 2 aromatic carbocycles. The Bertz CT molecular complexity index is 1180. The number of halogens is 1. The van der Waals surface area contributed by atoms with Gasteiger partial charge in [0.2, 0.25) is 11.8 Å². The van der Waals surface area contributed by atoms with Gasteiger partial charge in [0.25, 0.3) is 17.5 Å². The van der Waals surface area contributed by atoms with Crippen LogP contribution in [0.3, 0.4) is 0 Å². The van der Waals surface area contributed by atoms with Crippen molar-refractivity contribution >= 4 is 46.6 Å². The van der Waals surface area contributed by atoms with Gasteiger partial charge >= 0.3 is 0 Å². The number of hydrogen-bond donors (Lipinski definition) is 1. The van der Waals surface area contributed by atoms with E-state index in [1.807, 2.05) is 13.8 Å². The number of aryl methyl sites for hydroxylation is 2. The number of nitro groups is 1. The number of nitro benzene ring substituents is 1. The van der Waals surface area contributed by atoms with Crippen molar-refractivity contribution in [1.82, 2.24) is 10.4 Å². The maximum Gasteiger partial charge on any atom is 0.288 e. The average Bonchev–Trinajstić information content (AvgIpc) is 3.07. The van der Waals surface area contributed by atoms with E-state index in [-0.39, 0.29) is 23.4 Å². The van der Waals surface area contributed by atoms with E-state index in [9.17, 15) is 29.3 Å². The lowest BCUT2D eigenvalue weighted by Crippen LogP contribution is -2.54. The van der Waals surface area contributed by atoms with Crippen molar-refractivity contribution < 1.29 is 24.1 Å². The summed E-state index contributed by atoms with van der Waals surface area (Å²) in [7, 11) is 0. The lowest BCUT2D eigenvalue weighted by Gasteiger charge is -2.27. The number of benzene rings is 2. The standard InChI is InChI=1S/C22H21ClN4O6/c1-4-19(28)26(24-21(30)14-6-8-16(23)17(10-14)27(32)33)18-11-20(29)25(22(18)31)15-7-5-12(2)13(3)9-15/h5-10,18H,4,11H2,1-3H3,(H,24,30). The van der Waals surface area contributed by atoms with Crippen LogP contribution in [-0.4, -0.2) is 39.6 Å². The predicted molar refractivity (Wildman–Crippen MR) is 120 cm³/mol. The fourth-order valence-corrected chi connectivity index (χ4v) is 3.59. The van der Waals surface area contributed by atoms with Crippen LogP contribution in [-0.2, 0) is 14.4 Å². The van der Waals surface area contributed by atoms with Gasteiger partial charge in [-0.2, -0.15) is 0 Å². The zero-order valence-corrected chi connectivity index (χ0v) is 18.9. The van der Waals surface area contributed by atoms with Gasteiger partial charge in [0, 0.05) is 18.1 Å². The number of carbonyl (C=O) groups is 4. The summed E-state index contributed by atoms with van der Waals surface area (Å²) in [5.74, 6) is -2.63. The first-order valence-corrected chi connectivity index (χ1v) is 10.4. The van der Waals surface area contributed by atoms with E-state index in [0.717, 1.165) is 27.1 Å². The Morgan fingerprint density at radius 1 is 1.18 bits per heavy atom. The molecule has 4 amide bonds. The third-order valence-electron chi connectivity index (χ3n) is 5.38. The van der Waals surface area contributed by atoms with Gasteiger partial charge < -0.3 is 0 Å². The predicted octanol–water partition coefficient (Wildman–Crippen LogP) is 3.08. The Labute approximate surface area is 194 Å². The molecule has 1 unspecified atom stereocenters. The molecule has 0 aliphatic carbocycles. The van der Waals surface area contributed by atoms with Crippen molar-refractivity contribution in [2.24, 2.45) is 0 Å². The Morgan fingerprint density at radius 3 is 2.48 bits per heavy atom. The van der Waals surface area contributed by atoms with Crippen LogP contribution >= 0.6 is 11.6 Å². The SMILES string of the molecule is CCC(=O)N(NC(=O)c1ccc(Cl)c([N+](=O)[O-])c1)C1CC(=O)N(c2ccc(C)c(C)c2)C1=O. The highest BCUT2D eigenvalue weighted by Gasteiger charge is 2.45. The number of hydrazine groups is 1. The van der Waals surface area contributed by atoms with Crippen LogP contribution in [0.5, 0.6) is 0 Å². The fourth-order valence-electron chi connectivity index (χ4n) is 3.41. The average molecular weight is 473 g/mol. The van der Waals surface area contributed by atoms with Crippen LogP contribution in [0.25, 0.3) is 0 Å². The highest BCUT2D eigenvalue weighted by Crippen LogP contribution is 2.28. The van der Waals surface area contributed by atoms with E-state index < -0.39 is 40.3 Å². The molecular formula is C22H21ClN4O6. The quantitative estimate of drug-likeness (QED) is 0.404. The summed E-state index contributed by atoms with van der Waals surface area (Å²) < 4.78 is 0. The Kier molecular flexibility index (Phi) is 6.78. The molecule has 2 aromatic rings. The molecule has 0 spiro atoms. The van der Waals surface area contributed by atoms with Gasteiger partial charge in [0.05, 0.1) is 17.0 Å². The molecule has 0 saturated carbocycles. The van der Waals surface area contributed by atoms with Crippen LogP contribution in [0.15, 0.2) is 36.4 Å². The molecule has 10 nitrogen and oxygen atoms in total. The van der Waals surface area contributed by atoms with Crippen molar-refractivity contribution in [3.8, 4) is 0 Å². The molecule has 1 heterocycles. The normalized spacial score (nSPS) is 15.5. The smallest absolute Gasteiger partial charge is 0.274 e. The minimum atomic E-state index is -1.25. The first-order chi connectivity index (χ1) is 15.5. The molecule has 1 fully saturated rings. The molecule has 33 heavy (non-hydrogen) atoms. The Morgan fingerprint density at radius 2 is 1.88 bits per heavy atom. The second kappa shape index (κ2) is 9.37. The largest absolute Gasteiger partial charge is 0.288 e. The Hall–Kier alpha value is -3.79. The van der Waals surface area contributed by atoms with E-state index in [1.165, 1.54) is 19.1 Å². The molecule has 1 N–H and O–H groups in total. The van der Waals surface area contributed by atoms with Gasteiger partial charge in [-0.05, 0) is 49.2 Å². The lowest BCUT2D eigenvalue weighted by atomic mass is 10.1. The maximum atomic E-state index is 13.1. The van der Waals surface area contributed by atoms with Crippen LogP contribution in [0, 0.1) is 24.0 Å². The number of carbonyl (C=O) groups excluding carboxylic acids is 4. The summed E-state index contributed by atoms with van der Waals surface area (Å²) in [5, 5.41) is 11.8. The molecule has 11 heteroatoms. The summed E-state index contributed by atoms with van der Waals surface area (Å²) in [4.78, 5) is 62.5. The van der Waals surface area contributed by atoms with Crippen LogP contribution in [0.4, 0.5) is 11.4 Å². The van der Waals surface area contributed by atoms with Crippen molar-refractivity contribution in [2.45, 2.75) is 39.7 Å². The molecule has 172 valence electrons. The van der Waals surface area contributed by atoms with Crippen molar-refractivity contribution in [2.75, 3.05) is 4.90 Å². The molecule has 1 aliphatic rings. The summed E-state index contributed by atoms with van der Waals surface area (Å²) in [6, 6.07) is 7.27. The minimum absolute atomic E-state index is 0.0529. The number of rotatable bonds is 5. The molecule has 0 radical (unpaired) electrons. The van der Waals surface area contributed by atoms with Gasteiger partial charge in [-0.15, -0.1) is 0 Å². The molecule has 1 saturated heterocycles. The molecule has 1 aliphatic heterocycles. The molecule has 1 atom stereocenters. The highest BCUT2D eigenvalue weighted by atomic mass is 35.5. The molecule has 0 aromatic heterocycles. The zero-order chi connectivity index (χ0) is 24.4. The number of hydrogen-bond acceptors (Lipinski definition) is 6. The van der Waals surface area contributed by atoms with Gasteiger partial charge in [0.15, 0.2) is 0 Å². The molecular weight excluding hydrogens is 452 g/mol. The summed E-state index contributed by atoms with van der Waals surface area (Å²) in [5.41, 5.74) is 3.96. The third kappa shape index (κ3) is 4.70. The number of amides is 4. The van der Waals surface area contributed by atoms with E-state index in [4.69, 9.17) is 11.6 Å². The second-order valence-electron chi connectivity index (χ2n) is 7.54. The van der Waals surface area contributed by atoms with Gasteiger partial charge in [-0.3, -0.25) is 34.7 Å². The maximum absolute atomic E-state index is 13.1. The first-order valence-electron chi connectivity index (χ1n) is 10.1. The Balaban J connectivity index is 1.90. The first kappa shape index (κ1) is 23.9. The van der Waals surface area contributed by atoms with Gasteiger partial charge in [-0.1, -0.05) is 24.6 Å². The van der Waals surface area contributed by atoms with Crippen LogP contribution in [0.2, 0.25) is 5.02 Å². The van der Waals surface area contributed by atoms with Crippen molar-refractivity contribution in [3.05, 3.63) is 68.2 Å². The second-order valence-corrected chi connectivity index (χ2v) is 7.94. The molecule has 0 bridgehead atoms. The van der Waals surface area contributed by atoms with Crippen LogP contribution in [0.1, 0.15) is 41.3 Å². The number of imide groups is 1. The fraction of sp³-hybridized carbons (Fsp3) is 0.273. The van der Waals surface area contributed by atoms with Crippen molar-refractivity contribution in [3.63, 3.8) is 0 Å². The zero-order valence-electron chi connectivity index (χ0n) is 18.1. The summed E-state index contributed by atoms with van der Waals surface area (Å²) >= 11 is 5.78. The monoisotopic (exact) mass is 472 g/mol. The van der Waals surface area contributed by atoms with Crippen LogP contribution < -0.4 is 10.3 Å². The van der Waals surface area contributed by atoms with Crippen molar-refractivity contribution in [1.29, 1.82) is 0 Å². The highest BCUT2D eigenvalue weighted by molar-refractivity contribution is 6.32. The minimum Gasteiger partial charge on any atom is -0.274 e. The van der Waals surface area contributed by atoms with Gasteiger partial charge in [-0.25, -0.2) is 9.91 Å². The number of nitrogens with zero attached hydrogens (tertiary/aromatic N) is 3. The number of anilines is 1.